The standard InChI is InChI=1S/C34H39N5O2/c1-5-6-10-25-11-7-8-12-29(25)33(40)37-30-14-9-13-28(23(30)2)31-22-39(4)34(41)32(36-31)35-26-17-15-24(16-18-26)21-38(3)27-19-20-27/h7-9,11-18,22,27H,5-6,10,19-21H2,1-4H3,(H,35,36)(H,37,40). The van der Waals surface area contributed by atoms with Crippen molar-refractivity contribution < 1.29 is 4.79 Å². The van der Waals surface area contributed by atoms with Gasteiger partial charge < -0.3 is 15.2 Å². The summed E-state index contributed by atoms with van der Waals surface area (Å²) in [6.07, 6.45) is 7.28. The van der Waals surface area contributed by atoms with E-state index < -0.39 is 0 Å². The van der Waals surface area contributed by atoms with E-state index in [0.717, 1.165) is 53.9 Å². The number of aromatic nitrogens is 2. The van der Waals surface area contributed by atoms with Gasteiger partial charge in [0.1, 0.15) is 0 Å². The molecular weight excluding hydrogens is 510 g/mol. The molecule has 1 fully saturated rings. The van der Waals surface area contributed by atoms with E-state index >= 15 is 0 Å². The lowest BCUT2D eigenvalue weighted by Crippen LogP contribution is -2.22. The number of carbonyl (C=O) groups is 1. The second-order valence-electron chi connectivity index (χ2n) is 11.1. The summed E-state index contributed by atoms with van der Waals surface area (Å²) in [4.78, 5) is 33.4. The summed E-state index contributed by atoms with van der Waals surface area (Å²) in [5.41, 5.74) is 6.68. The third-order valence-corrected chi connectivity index (χ3v) is 7.81. The van der Waals surface area contributed by atoms with Gasteiger partial charge >= 0.3 is 0 Å². The minimum Gasteiger partial charge on any atom is -0.336 e. The van der Waals surface area contributed by atoms with Gasteiger partial charge in [-0.05, 0) is 80.6 Å². The van der Waals surface area contributed by atoms with Gasteiger partial charge in [0.05, 0.1) is 5.69 Å². The first-order chi connectivity index (χ1) is 19.8. The molecule has 0 saturated heterocycles. The minimum atomic E-state index is -0.211. The normalized spacial score (nSPS) is 12.9. The predicted octanol–water partition coefficient (Wildman–Crippen LogP) is 6.69. The molecule has 1 aliphatic rings. The van der Waals surface area contributed by atoms with Crippen LogP contribution in [-0.4, -0.2) is 33.4 Å². The summed E-state index contributed by atoms with van der Waals surface area (Å²) >= 11 is 0. The first-order valence-corrected chi connectivity index (χ1v) is 14.5. The molecule has 3 aromatic carbocycles. The van der Waals surface area contributed by atoms with Crippen LogP contribution in [0.5, 0.6) is 0 Å². The van der Waals surface area contributed by atoms with E-state index in [1.165, 1.54) is 23.0 Å². The fourth-order valence-corrected chi connectivity index (χ4v) is 5.15. The zero-order valence-electron chi connectivity index (χ0n) is 24.4. The van der Waals surface area contributed by atoms with Gasteiger partial charge in [-0.1, -0.05) is 55.8 Å². The Hall–Kier alpha value is -4.23. The van der Waals surface area contributed by atoms with Gasteiger partial charge in [0, 0.05) is 48.3 Å². The van der Waals surface area contributed by atoms with Crippen LogP contribution in [0.3, 0.4) is 0 Å². The molecule has 5 rings (SSSR count). The average molecular weight is 550 g/mol. The molecule has 7 heteroatoms. The molecule has 1 aromatic heterocycles. The van der Waals surface area contributed by atoms with Gasteiger partial charge in [0.2, 0.25) is 0 Å². The van der Waals surface area contributed by atoms with Gasteiger partial charge in [-0.3, -0.25) is 14.5 Å². The largest absolute Gasteiger partial charge is 0.336 e. The highest BCUT2D eigenvalue weighted by Crippen LogP contribution is 2.29. The van der Waals surface area contributed by atoms with E-state index in [-0.39, 0.29) is 17.3 Å². The number of rotatable bonds is 11. The van der Waals surface area contributed by atoms with Crippen molar-refractivity contribution in [2.75, 3.05) is 17.7 Å². The van der Waals surface area contributed by atoms with Crippen molar-refractivity contribution in [2.45, 2.75) is 58.5 Å². The van der Waals surface area contributed by atoms with Crippen LogP contribution in [0.15, 0.2) is 77.7 Å². The Morgan fingerprint density at radius 2 is 1.80 bits per heavy atom. The Bertz CT molecular complexity index is 1590. The lowest BCUT2D eigenvalue weighted by Gasteiger charge is -2.16. The maximum atomic E-state index is 13.3. The number of anilines is 3. The van der Waals surface area contributed by atoms with Crippen LogP contribution in [0.1, 0.15) is 59.7 Å². The molecule has 2 N–H and O–H groups in total. The van der Waals surface area contributed by atoms with Crippen LogP contribution < -0.4 is 16.2 Å². The third-order valence-electron chi connectivity index (χ3n) is 7.81. The van der Waals surface area contributed by atoms with Crippen LogP contribution in [-0.2, 0) is 20.0 Å². The van der Waals surface area contributed by atoms with Gasteiger partial charge in [-0.2, -0.15) is 0 Å². The molecule has 212 valence electrons. The van der Waals surface area contributed by atoms with Crippen molar-refractivity contribution >= 4 is 23.1 Å². The first-order valence-electron chi connectivity index (χ1n) is 14.5. The summed E-state index contributed by atoms with van der Waals surface area (Å²) in [6, 6.07) is 22.4. The number of benzene rings is 3. The van der Waals surface area contributed by atoms with Crippen LogP contribution in [0, 0.1) is 6.92 Å². The smallest absolute Gasteiger partial charge is 0.293 e. The maximum Gasteiger partial charge on any atom is 0.293 e. The van der Waals surface area contributed by atoms with Gasteiger partial charge in [-0.25, -0.2) is 4.98 Å². The topological polar surface area (TPSA) is 79.3 Å². The summed E-state index contributed by atoms with van der Waals surface area (Å²) in [5, 5.41) is 6.33. The lowest BCUT2D eigenvalue weighted by atomic mass is 10.0. The summed E-state index contributed by atoms with van der Waals surface area (Å²) < 4.78 is 1.54. The number of hydrogen-bond acceptors (Lipinski definition) is 5. The van der Waals surface area contributed by atoms with Gasteiger partial charge in [0.25, 0.3) is 11.5 Å². The maximum absolute atomic E-state index is 13.3. The third kappa shape index (κ3) is 6.74. The second-order valence-corrected chi connectivity index (χ2v) is 11.1. The Morgan fingerprint density at radius 1 is 1.05 bits per heavy atom. The number of nitrogens with zero attached hydrogens (tertiary/aromatic N) is 3. The molecule has 41 heavy (non-hydrogen) atoms. The molecule has 0 aliphatic heterocycles. The molecular formula is C34H39N5O2. The highest BCUT2D eigenvalue weighted by atomic mass is 16.1. The fraction of sp³-hybridized carbons (Fsp3) is 0.324. The highest BCUT2D eigenvalue weighted by Gasteiger charge is 2.25. The minimum absolute atomic E-state index is 0.125. The average Bonchev–Trinajstić information content (AvgIpc) is 3.82. The summed E-state index contributed by atoms with van der Waals surface area (Å²) in [5.74, 6) is 0.131. The van der Waals surface area contributed by atoms with Crippen molar-refractivity contribution in [3.05, 3.63) is 106 Å². The molecule has 0 bridgehead atoms. The van der Waals surface area contributed by atoms with Crippen molar-refractivity contribution in [3.63, 3.8) is 0 Å². The number of aryl methyl sites for hydroxylation is 2. The Kier molecular flexibility index (Phi) is 8.64. The van der Waals surface area contributed by atoms with E-state index in [9.17, 15) is 9.59 Å². The van der Waals surface area contributed by atoms with Crippen molar-refractivity contribution in [3.8, 4) is 11.3 Å². The fourth-order valence-electron chi connectivity index (χ4n) is 5.15. The lowest BCUT2D eigenvalue weighted by molar-refractivity contribution is 0.102. The molecule has 1 amide bonds. The van der Waals surface area contributed by atoms with E-state index in [1.807, 2.05) is 61.5 Å². The van der Waals surface area contributed by atoms with Crippen LogP contribution in [0.25, 0.3) is 11.3 Å². The summed E-state index contributed by atoms with van der Waals surface area (Å²) in [6.45, 7) is 5.03. The molecule has 0 radical (unpaired) electrons. The number of amides is 1. The predicted molar refractivity (Wildman–Crippen MR) is 167 cm³/mol. The van der Waals surface area contributed by atoms with E-state index in [4.69, 9.17) is 4.98 Å². The van der Waals surface area contributed by atoms with Crippen molar-refractivity contribution in [1.82, 2.24) is 14.5 Å². The van der Waals surface area contributed by atoms with Gasteiger partial charge in [-0.15, -0.1) is 0 Å². The number of nitrogens with one attached hydrogen (secondary N) is 2. The van der Waals surface area contributed by atoms with E-state index in [1.54, 1.807) is 13.2 Å². The van der Waals surface area contributed by atoms with Crippen LogP contribution in [0.2, 0.25) is 0 Å². The molecule has 0 unspecified atom stereocenters. The molecule has 1 saturated carbocycles. The second kappa shape index (κ2) is 12.5. The monoisotopic (exact) mass is 549 g/mol. The zero-order valence-corrected chi connectivity index (χ0v) is 24.4. The van der Waals surface area contributed by atoms with Gasteiger partial charge in [0.15, 0.2) is 5.82 Å². The molecule has 1 aliphatic carbocycles. The number of hydrogen-bond donors (Lipinski definition) is 2. The Morgan fingerprint density at radius 3 is 2.54 bits per heavy atom. The SMILES string of the molecule is CCCCc1ccccc1C(=O)Nc1cccc(-c2cn(C)c(=O)c(Nc3ccc(CN(C)C4CC4)cc3)n2)c1C. The molecule has 0 atom stereocenters. The number of unbranched alkanes of at least 4 members (excludes halogenated alkanes) is 1. The van der Waals surface area contributed by atoms with Crippen molar-refractivity contribution in [2.24, 2.45) is 7.05 Å². The number of carbonyl (C=O) groups excluding carboxylic acids is 1. The highest BCUT2D eigenvalue weighted by molar-refractivity contribution is 6.06. The van der Waals surface area contributed by atoms with E-state index in [0.29, 0.717) is 17.3 Å². The quantitative estimate of drug-likeness (QED) is 0.218. The van der Waals surface area contributed by atoms with Crippen molar-refractivity contribution in [1.29, 1.82) is 0 Å². The first kappa shape index (κ1) is 28.3. The van der Waals surface area contributed by atoms with Crippen LogP contribution >= 0.6 is 0 Å². The summed E-state index contributed by atoms with van der Waals surface area (Å²) in [7, 11) is 3.89. The molecule has 1 heterocycles. The Balaban J connectivity index is 1.37. The molecule has 7 nitrogen and oxygen atoms in total. The Labute approximate surface area is 242 Å². The van der Waals surface area contributed by atoms with E-state index in [2.05, 4.69) is 41.6 Å². The molecule has 0 spiro atoms. The zero-order chi connectivity index (χ0) is 28.9. The van der Waals surface area contributed by atoms with Crippen LogP contribution in [0.4, 0.5) is 17.2 Å². The molecule has 4 aromatic rings.